The second kappa shape index (κ2) is 6.85. The number of methoxy groups -OCH3 is 1. The first-order valence-electron chi connectivity index (χ1n) is 5.17. The molecule has 1 heterocycles. The zero-order valence-electron chi connectivity index (χ0n) is 9.69. The van der Waals surface area contributed by atoms with E-state index in [0.29, 0.717) is 24.8 Å². The Balaban J connectivity index is 2.56. The number of aromatic nitrogens is 2. The minimum absolute atomic E-state index is 0.127. The van der Waals surface area contributed by atoms with Gasteiger partial charge in [-0.3, -0.25) is 4.90 Å². The minimum Gasteiger partial charge on any atom is -0.395 e. The fraction of sp³-hybridized carbons (Fsp3) is 0.700. The zero-order chi connectivity index (χ0) is 12.0. The van der Waals surface area contributed by atoms with Crippen molar-refractivity contribution in [2.45, 2.75) is 6.54 Å². The molecule has 0 atom stereocenters. The molecule has 0 bridgehead atoms. The van der Waals surface area contributed by atoms with Crippen LogP contribution in [0.4, 0.5) is 0 Å². The lowest BCUT2D eigenvalue weighted by atomic mass is 10.4. The first-order chi connectivity index (χ1) is 7.69. The first-order valence-corrected chi connectivity index (χ1v) is 5.55. The van der Waals surface area contributed by atoms with Crippen molar-refractivity contribution in [2.24, 2.45) is 7.05 Å². The summed E-state index contributed by atoms with van der Waals surface area (Å²) in [6.45, 7) is 2.79. The maximum Gasteiger partial charge on any atom is 0.128 e. The molecular weight excluding hydrogens is 230 g/mol. The summed E-state index contributed by atoms with van der Waals surface area (Å²) in [5, 5.41) is 9.57. The van der Waals surface area contributed by atoms with Gasteiger partial charge in [-0.25, -0.2) is 4.98 Å². The van der Waals surface area contributed by atoms with Gasteiger partial charge >= 0.3 is 0 Å². The second-order valence-corrected chi connectivity index (χ2v) is 3.94. The Morgan fingerprint density at radius 1 is 1.56 bits per heavy atom. The molecule has 0 amide bonds. The fourth-order valence-corrected chi connectivity index (χ4v) is 1.55. The topological polar surface area (TPSA) is 50.5 Å². The Bertz CT molecular complexity index is 317. The van der Waals surface area contributed by atoms with E-state index in [1.54, 1.807) is 13.3 Å². The maximum atomic E-state index is 8.95. The largest absolute Gasteiger partial charge is 0.395 e. The Labute approximate surface area is 101 Å². The van der Waals surface area contributed by atoms with E-state index >= 15 is 0 Å². The third kappa shape index (κ3) is 3.75. The van der Waals surface area contributed by atoms with Crippen LogP contribution in [-0.4, -0.2) is 53.0 Å². The maximum absolute atomic E-state index is 8.95. The number of halogens is 1. The van der Waals surface area contributed by atoms with Gasteiger partial charge in [0.25, 0.3) is 0 Å². The van der Waals surface area contributed by atoms with Gasteiger partial charge in [-0.15, -0.1) is 0 Å². The van der Waals surface area contributed by atoms with Gasteiger partial charge in [0.15, 0.2) is 0 Å². The average Bonchev–Trinajstić information content (AvgIpc) is 2.58. The summed E-state index contributed by atoms with van der Waals surface area (Å²) < 4.78 is 6.85. The number of hydrogen-bond acceptors (Lipinski definition) is 4. The fourth-order valence-electron chi connectivity index (χ4n) is 1.40. The molecule has 0 aliphatic carbocycles. The number of rotatable bonds is 7. The Morgan fingerprint density at radius 3 is 2.81 bits per heavy atom. The smallest absolute Gasteiger partial charge is 0.128 e. The number of imidazole rings is 1. The molecule has 1 aromatic heterocycles. The zero-order valence-corrected chi connectivity index (χ0v) is 10.4. The molecule has 0 saturated heterocycles. The van der Waals surface area contributed by atoms with E-state index in [1.165, 1.54) is 0 Å². The lowest BCUT2D eigenvalue weighted by Gasteiger charge is -2.20. The van der Waals surface area contributed by atoms with Crippen LogP contribution in [0, 0.1) is 0 Å². The van der Waals surface area contributed by atoms with E-state index in [9.17, 15) is 0 Å². The number of ether oxygens (including phenoxy) is 1. The molecule has 0 aromatic carbocycles. The van der Waals surface area contributed by atoms with Crippen molar-refractivity contribution in [1.29, 1.82) is 0 Å². The van der Waals surface area contributed by atoms with Crippen LogP contribution in [0.5, 0.6) is 0 Å². The molecule has 0 aliphatic heterocycles. The predicted octanol–water partition coefficient (Wildman–Crippen LogP) is 0.514. The molecule has 0 fully saturated rings. The van der Waals surface area contributed by atoms with Crippen LogP contribution in [0.1, 0.15) is 5.82 Å². The van der Waals surface area contributed by atoms with Crippen LogP contribution in [0.3, 0.4) is 0 Å². The monoisotopic (exact) mass is 247 g/mol. The van der Waals surface area contributed by atoms with E-state index in [-0.39, 0.29) is 6.61 Å². The summed E-state index contributed by atoms with van der Waals surface area (Å²) in [6, 6.07) is 0. The van der Waals surface area contributed by atoms with Crippen molar-refractivity contribution < 1.29 is 9.84 Å². The SMILES string of the molecule is COCCN(CCO)Cc1ncc(Cl)n1C. The van der Waals surface area contributed by atoms with Gasteiger partial charge in [0, 0.05) is 27.2 Å². The number of nitrogens with zero attached hydrogens (tertiary/aromatic N) is 3. The molecule has 0 aliphatic rings. The molecule has 1 N–H and O–H groups in total. The van der Waals surface area contributed by atoms with Gasteiger partial charge in [-0.1, -0.05) is 11.6 Å². The molecule has 1 rings (SSSR count). The third-order valence-corrected chi connectivity index (χ3v) is 2.77. The van der Waals surface area contributed by atoms with Gasteiger partial charge < -0.3 is 14.4 Å². The summed E-state index contributed by atoms with van der Waals surface area (Å²) in [5.74, 6) is 0.884. The van der Waals surface area contributed by atoms with Crippen LogP contribution >= 0.6 is 11.6 Å². The minimum atomic E-state index is 0.127. The Kier molecular flexibility index (Phi) is 5.76. The highest BCUT2D eigenvalue weighted by molar-refractivity contribution is 6.29. The highest BCUT2D eigenvalue weighted by Crippen LogP contribution is 2.10. The molecule has 16 heavy (non-hydrogen) atoms. The van der Waals surface area contributed by atoms with Gasteiger partial charge in [0.05, 0.1) is 26.0 Å². The van der Waals surface area contributed by atoms with E-state index < -0.39 is 0 Å². The molecule has 0 unspecified atom stereocenters. The van der Waals surface area contributed by atoms with E-state index in [0.717, 1.165) is 12.4 Å². The molecule has 1 aromatic rings. The van der Waals surface area contributed by atoms with Gasteiger partial charge in [-0.05, 0) is 0 Å². The highest BCUT2D eigenvalue weighted by atomic mass is 35.5. The molecule has 5 nitrogen and oxygen atoms in total. The van der Waals surface area contributed by atoms with Crippen molar-refractivity contribution >= 4 is 11.6 Å². The number of hydrogen-bond donors (Lipinski definition) is 1. The molecule has 0 spiro atoms. The molecule has 0 saturated carbocycles. The number of aliphatic hydroxyl groups excluding tert-OH is 1. The number of aliphatic hydroxyl groups is 1. The normalized spacial score (nSPS) is 11.3. The van der Waals surface area contributed by atoms with Gasteiger partial charge in [0.2, 0.25) is 0 Å². The second-order valence-electron chi connectivity index (χ2n) is 3.55. The van der Waals surface area contributed by atoms with Crippen molar-refractivity contribution in [3.8, 4) is 0 Å². The van der Waals surface area contributed by atoms with E-state index in [4.69, 9.17) is 21.4 Å². The summed E-state index contributed by atoms with van der Waals surface area (Å²) in [4.78, 5) is 6.28. The summed E-state index contributed by atoms with van der Waals surface area (Å²) in [5.41, 5.74) is 0. The Morgan fingerprint density at radius 2 is 2.31 bits per heavy atom. The summed E-state index contributed by atoms with van der Waals surface area (Å²) in [7, 11) is 3.53. The van der Waals surface area contributed by atoms with Crippen molar-refractivity contribution in [1.82, 2.24) is 14.5 Å². The lowest BCUT2D eigenvalue weighted by Crippen LogP contribution is -2.30. The quantitative estimate of drug-likeness (QED) is 0.763. The van der Waals surface area contributed by atoms with Crippen LogP contribution in [0.25, 0.3) is 0 Å². The standard InChI is InChI=1S/C10H18ClN3O2/c1-13-9(11)7-12-10(13)8-14(3-5-15)4-6-16-2/h7,15H,3-6,8H2,1-2H3. The van der Waals surface area contributed by atoms with Crippen LogP contribution < -0.4 is 0 Å². The average molecular weight is 248 g/mol. The molecule has 0 radical (unpaired) electrons. The van der Waals surface area contributed by atoms with Crippen molar-refractivity contribution in [2.75, 3.05) is 33.4 Å². The predicted molar refractivity (Wildman–Crippen MR) is 62.5 cm³/mol. The summed E-state index contributed by atoms with van der Waals surface area (Å²) in [6.07, 6.45) is 1.63. The van der Waals surface area contributed by atoms with Crippen LogP contribution in [0.2, 0.25) is 5.15 Å². The Hall–Kier alpha value is -0.620. The molecule has 92 valence electrons. The van der Waals surface area contributed by atoms with Crippen molar-refractivity contribution in [3.05, 3.63) is 17.2 Å². The third-order valence-electron chi connectivity index (χ3n) is 2.42. The van der Waals surface area contributed by atoms with Crippen LogP contribution in [0.15, 0.2) is 6.20 Å². The van der Waals surface area contributed by atoms with E-state index in [1.807, 2.05) is 11.6 Å². The first kappa shape index (κ1) is 13.4. The van der Waals surface area contributed by atoms with Gasteiger partial charge in [-0.2, -0.15) is 0 Å². The van der Waals surface area contributed by atoms with Gasteiger partial charge in [0.1, 0.15) is 11.0 Å². The molecule has 6 heteroatoms. The van der Waals surface area contributed by atoms with E-state index in [2.05, 4.69) is 9.88 Å². The van der Waals surface area contributed by atoms with Crippen LogP contribution in [-0.2, 0) is 18.3 Å². The summed E-state index contributed by atoms with van der Waals surface area (Å²) >= 11 is 5.90. The lowest BCUT2D eigenvalue weighted by molar-refractivity contribution is 0.124. The molecular formula is C10H18ClN3O2. The van der Waals surface area contributed by atoms with Crippen molar-refractivity contribution in [3.63, 3.8) is 0 Å². The highest BCUT2D eigenvalue weighted by Gasteiger charge is 2.10.